The second-order valence-corrected chi connectivity index (χ2v) is 9.13. The number of fused-ring (bicyclic) bond motifs is 1. The molecule has 3 aromatic rings. The first-order valence-electron chi connectivity index (χ1n) is 10.9. The van der Waals surface area contributed by atoms with Crippen molar-refractivity contribution in [3.05, 3.63) is 95.0 Å². The number of aromatic nitrogens is 1. The van der Waals surface area contributed by atoms with E-state index in [1.807, 2.05) is 43.3 Å². The molecule has 0 bridgehead atoms. The van der Waals surface area contributed by atoms with Gasteiger partial charge in [0.1, 0.15) is 6.04 Å². The van der Waals surface area contributed by atoms with E-state index in [-0.39, 0.29) is 17.9 Å². The van der Waals surface area contributed by atoms with Crippen molar-refractivity contribution in [2.24, 2.45) is 4.99 Å². The third-order valence-corrected chi connectivity index (χ3v) is 6.63. The summed E-state index contributed by atoms with van der Waals surface area (Å²) in [4.78, 5) is 44.1. The van der Waals surface area contributed by atoms with Gasteiger partial charge in [-0.2, -0.15) is 0 Å². The topological polar surface area (TPSA) is 107 Å². The maximum atomic E-state index is 13.3. The first-order chi connectivity index (χ1) is 16.7. The number of benzene rings is 2. The van der Waals surface area contributed by atoms with Crippen molar-refractivity contribution in [2.75, 3.05) is 25.6 Å². The molecule has 180 valence electrons. The highest BCUT2D eigenvalue weighted by Gasteiger charge is 2.31. The van der Waals surface area contributed by atoms with E-state index in [9.17, 15) is 19.7 Å². The summed E-state index contributed by atoms with van der Waals surface area (Å²) in [6.45, 7) is 3.62. The molecule has 0 aliphatic carbocycles. The van der Waals surface area contributed by atoms with Crippen molar-refractivity contribution in [3.8, 4) is 0 Å². The van der Waals surface area contributed by atoms with E-state index in [1.54, 1.807) is 32.1 Å². The van der Waals surface area contributed by atoms with Crippen molar-refractivity contribution in [3.63, 3.8) is 0 Å². The van der Waals surface area contributed by atoms with E-state index in [2.05, 4.69) is 0 Å². The fourth-order valence-electron chi connectivity index (χ4n) is 3.89. The van der Waals surface area contributed by atoms with E-state index in [1.165, 1.54) is 28.0 Å². The number of ether oxygens (including phenoxy) is 1. The van der Waals surface area contributed by atoms with Crippen LogP contribution in [-0.4, -0.2) is 36.2 Å². The van der Waals surface area contributed by atoms with Gasteiger partial charge in [0.15, 0.2) is 4.80 Å². The minimum Gasteiger partial charge on any atom is -0.463 e. The first kappa shape index (κ1) is 24.1. The summed E-state index contributed by atoms with van der Waals surface area (Å²) < 4.78 is 7.07. The molecule has 0 N–H and O–H groups in total. The van der Waals surface area contributed by atoms with Gasteiger partial charge in [-0.15, -0.1) is 0 Å². The molecule has 1 atom stereocenters. The molecule has 0 spiro atoms. The molecule has 0 saturated heterocycles. The summed E-state index contributed by atoms with van der Waals surface area (Å²) in [5.74, 6) is -0.525. The molecule has 0 amide bonds. The zero-order valence-corrected chi connectivity index (χ0v) is 20.5. The molecule has 35 heavy (non-hydrogen) atoms. The second kappa shape index (κ2) is 9.67. The molecule has 2 aromatic carbocycles. The summed E-state index contributed by atoms with van der Waals surface area (Å²) in [6.07, 6.45) is 1.60. The monoisotopic (exact) mass is 492 g/mol. The van der Waals surface area contributed by atoms with Crippen LogP contribution in [0.3, 0.4) is 0 Å². The molecule has 4 rings (SSSR count). The first-order valence-corrected chi connectivity index (χ1v) is 11.7. The molecule has 0 radical (unpaired) electrons. The second-order valence-electron chi connectivity index (χ2n) is 8.12. The third-order valence-electron chi connectivity index (χ3n) is 5.64. The minimum absolute atomic E-state index is 0.0632. The summed E-state index contributed by atoms with van der Waals surface area (Å²) in [6, 6.07) is 13.1. The van der Waals surface area contributed by atoms with E-state index in [0.29, 0.717) is 26.2 Å². The van der Waals surface area contributed by atoms with Gasteiger partial charge in [0.05, 0.1) is 21.6 Å². The van der Waals surface area contributed by atoms with E-state index in [4.69, 9.17) is 9.73 Å². The molecular weight excluding hydrogens is 468 g/mol. The van der Waals surface area contributed by atoms with E-state index < -0.39 is 16.9 Å². The third kappa shape index (κ3) is 4.65. The van der Waals surface area contributed by atoms with Gasteiger partial charge < -0.3 is 9.64 Å². The zero-order chi connectivity index (χ0) is 25.3. The Kier molecular flexibility index (Phi) is 6.65. The van der Waals surface area contributed by atoms with Gasteiger partial charge in [-0.3, -0.25) is 19.5 Å². The van der Waals surface area contributed by atoms with Gasteiger partial charge in [0.25, 0.3) is 11.2 Å². The van der Waals surface area contributed by atoms with Gasteiger partial charge in [-0.1, -0.05) is 35.6 Å². The van der Waals surface area contributed by atoms with Crippen LogP contribution in [0.4, 0.5) is 11.4 Å². The lowest BCUT2D eigenvalue weighted by atomic mass is 9.96. The number of rotatable bonds is 6. The molecule has 9 nitrogen and oxygen atoms in total. The number of nitrogens with zero attached hydrogens (tertiary/aromatic N) is 4. The van der Waals surface area contributed by atoms with Crippen LogP contribution >= 0.6 is 11.3 Å². The fraction of sp³-hybridized carbons (Fsp3) is 0.240. The van der Waals surface area contributed by atoms with E-state index >= 15 is 0 Å². The van der Waals surface area contributed by atoms with Crippen LogP contribution < -0.4 is 19.8 Å². The van der Waals surface area contributed by atoms with Crippen molar-refractivity contribution in [2.45, 2.75) is 19.9 Å². The quantitative estimate of drug-likeness (QED) is 0.298. The van der Waals surface area contributed by atoms with Gasteiger partial charge in [-0.05, 0) is 43.2 Å². The Morgan fingerprint density at radius 2 is 1.97 bits per heavy atom. The Morgan fingerprint density at radius 1 is 1.26 bits per heavy atom. The summed E-state index contributed by atoms with van der Waals surface area (Å²) in [5.41, 5.74) is 2.68. The minimum atomic E-state index is -0.631. The normalized spacial score (nSPS) is 15.4. The van der Waals surface area contributed by atoms with Gasteiger partial charge >= 0.3 is 5.97 Å². The van der Waals surface area contributed by atoms with Gasteiger partial charge in [-0.25, -0.2) is 9.79 Å². The maximum absolute atomic E-state index is 13.3. The van der Waals surface area contributed by atoms with Gasteiger partial charge in [0, 0.05) is 37.6 Å². The number of hydrogen-bond donors (Lipinski definition) is 0. The van der Waals surface area contributed by atoms with Crippen molar-refractivity contribution >= 4 is 40.5 Å². The molecule has 1 aliphatic heterocycles. The average molecular weight is 493 g/mol. The van der Waals surface area contributed by atoms with Crippen LogP contribution in [0, 0.1) is 10.1 Å². The average Bonchev–Trinajstić information content (AvgIpc) is 3.14. The number of carbonyl (C=O) groups excluding carboxylic acids is 1. The largest absolute Gasteiger partial charge is 0.463 e. The molecule has 1 aromatic heterocycles. The number of thiazole rings is 1. The lowest BCUT2D eigenvalue weighted by Crippen LogP contribution is -2.35. The number of non-ortho nitro benzene ring substituents is 1. The van der Waals surface area contributed by atoms with Crippen LogP contribution in [0.1, 0.15) is 31.0 Å². The summed E-state index contributed by atoms with van der Waals surface area (Å²) >= 11 is 1.17. The molecule has 10 heteroatoms. The molecule has 0 saturated carbocycles. The number of carbonyl (C=O) groups is 1. The van der Waals surface area contributed by atoms with Crippen LogP contribution in [-0.2, 0) is 9.53 Å². The number of esters is 1. The molecule has 0 fully saturated rings. The summed E-state index contributed by atoms with van der Waals surface area (Å²) in [5, 5.41) is 11.1. The van der Waals surface area contributed by atoms with E-state index in [0.717, 1.165) is 11.3 Å². The highest BCUT2D eigenvalue weighted by molar-refractivity contribution is 7.07. The lowest BCUT2D eigenvalue weighted by molar-refractivity contribution is -0.384. The predicted octanol–water partition coefficient (Wildman–Crippen LogP) is 2.88. The zero-order valence-electron chi connectivity index (χ0n) is 19.7. The van der Waals surface area contributed by atoms with Crippen LogP contribution in [0.5, 0.6) is 0 Å². The molecular formula is C25H24N4O5S. The number of nitro groups is 1. The number of nitro benzene ring substituents is 1. The standard InChI is InChI=1S/C25H24N4O5S/c1-5-34-24(31)21-15(2)28-23(30)20(14-16-7-6-8-19(13-16)29(32)33)35-25(28)26-22(21)17-9-11-18(12-10-17)27(3)4/h6-14,22H,5H2,1-4H3/b20-14-/t22-/m1/s1. The Bertz CT molecular complexity index is 1520. The SMILES string of the molecule is CCOC(=O)C1=C(C)n2c(s/c(=C\c3cccc([N+](=O)[O-])c3)c2=O)=N[C@@H]1c1ccc(N(C)C)cc1. The highest BCUT2D eigenvalue weighted by Crippen LogP contribution is 2.33. The van der Waals surface area contributed by atoms with Crippen molar-refractivity contribution in [1.29, 1.82) is 0 Å². The Morgan fingerprint density at radius 3 is 2.60 bits per heavy atom. The lowest BCUT2D eigenvalue weighted by Gasteiger charge is -2.23. The Labute approximate surface area is 205 Å². The molecule has 0 unspecified atom stereocenters. The number of hydrogen-bond acceptors (Lipinski definition) is 8. The van der Waals surface area contributed by atoms with Crippen LogP contribution in [0.2, 0.25) is 0 Å². The molecule has 1 aliphatic rings. The fourth-order valence-corrected chi connectivity index (χ4v) is 4.93. The predicted molar refractivity (Wildman–Crippen MR) is 135 cm³/mol. The maximum Gasteiger partial charge on any atom is 0.338 e. The van der Waals surface area contributed by atoms with Crippen LogP contribution in [0.25, 0.3) is 11.8 Å². The van der Waals surface area contributed by atoms with Crippen molar-refractivity contribution < 1.29 is 14.5 Å². The Balaban J connectivity index is 1.90. The van der Waals surface area contributed by atoms with Crippen LogP contribution in [0.15, 0.2) is 63.9 Å². The van der Waals surface area contributed by atoms with Crippen molar-refractivity contribution in [1.82, 2.24) is 4.57 Å². The summed E-state index contributed by atoms with van der Waals surface area (Å²) in [7, 11) is 3.88. The smallest absolute Gasteiger partial charge is 0.338 e. The number of allylic oxidation sites excluding steroid dienone is 1. The highest BCUT2D eigenvalue weighted by atomic mass is 32.1. The van der Waals surface area contributed by atoms with Gasteiger partial charge in [0.2, 0.25) is 0 Å². The Hall–Kier alpha value is -4.05. The number of anilines is 1. The molecule has 2 heterocycles.